The summed E-state index contributed by atoms with van der Waals surface area (Å²) in [7, 11) is 0. The van der Waals surface area contributed by atoms with Crippen molar-refractivity contribution in [2.75, 3.05) is 19.6 Å². The molecule has 2 aliphatic heterocycles. The molecule has 1 atom stereocenters. The summed E-state index contributed by atoms with van der Waals surface area (Å²) in [6, 6.07) is 7.55. The fourth-order valence-electron chi connectivity index (χ4n) is 4.92. The van der Waals surface area contributed by atoms with Gasteiger partial charge in [-0.15, -0.1) is 0 Å². The van der Waals surface area contributed by atoms with Crippen LogP contribution in [0.4, 0.5) is 4.79 Å². The van der Waals surface area contributed by atoms with Crippen LogP contribution in [0.25, 0.3) is 0 Å². The van der Waals surface area contributed by atoms with Gasteiger partial charge >= 0.3 is 6.03 Å². The summed E-state index contributed by atoms with van der Waals surface area (Å²) in [4.78, 5) is 15.0. The van der Waals surface area contributed by atoms with Gasteiger partial charge in [-0.05, 0) is 73.5 Å². The number of nitrogens with one attached hydrogen (secondary N) is 2. The maximum atomic E-state index is 12.4. The number of rotatable bonds is 4. The Hall–Kier alpha value is -1.78. The number of amides is 2. The van der Waals surface area contributed by atoms with Crippen molar-refractivity contribution in [1.82, 2.24) is 15.5 Å². The largest absolute Gasteiger partial charge is 0.327 e. The molecular weight excluding hydrogens is 370 g/mol. The van der Waals surface area contributed by atoms with E-state index in [2.05, 4.69) is 35.5 Å². The zero-order valence-electron chi connectivity index (χ0n) is 16.9. The molecule has 1 fully saturated rings. The van der Waals surface area contributed by atoms with Gasteiger partial charge in [0.2, 0.25) is 0 Å². The first-order valence-corrected chi connectivity index (χ1v) is 10.8. The van der Waals surface area contributed by atoms with Crippen molar-refractivity contribution < 1.29 is 4.79 Å². The molecular formula is C23H30ClN3O. The molecule has 1 aromatic carbocycles. The Labute approximate surface area is 173 Å². The normalized spacial score (nSPS) is 24.9. The maximum Gasteiger partial charge on any atom is 0.319 e. The first-order chi connectivity index (χ1) is 13.4. The zero-order chi connectivity index (χ0) is 19.7. The Morgan fingerprint density at radius 3 is 2.57 bits per heavy atom. The lowest BCUT2D eigenvalue weighted by Crippen LogP contribution is -2.47. The van der Waals surface area contributed by atoms with Gasteiger partial charge in [-0.25, -0.2) is 4.79 Å². The third-order valence-electron chi connectivity index (χ3n) is 6.25. The lowest BCUT2D eigenvalue weighted by Gasteiger charge is -2.42. The van der Waals surface area contributed by atoms with Crippen LogP contribution >= 0.6 is 11.6 Å². The van der Waals surface area contributed by atoms with Gasteiger partial charge in [0.25, 0.3) is 0 Å². The lowest BCUT2D eigenvalue weighted by molar-refractivity contribution is 0.227. The number of hydrogen-bond acceptors (Lipinski definition) is 2. The zero-order valence-corrected chi connectivity index (χ0v) is 17.6. The van der Waals surface area contributed by atoms with Gasteiger partial charge in [0.1, 0.15) is 0 Å². The monoisotopic (exact) mass is 399 g/mol. The van der Waals surface area contributed by atoms with Crippen molar-refractivity contribution in [3.8, 4) is 0 Å². The fraction of sp³-hybridized carbons (Fsp3) is 0.522. The average Bonchev–Trinajstić information content (AvgIpc) is 2.66. The summed E-state index contributed by atoms with van der Waals surface area (Å²) < 4.78 is 0. The van der Waals surface area contributed by atoms with E-state index in [4.69, 9.17) is 11.6 Å². The Morgan fingerprint density at radius 1 is 1.14 bits per heavy atom. The van der Waals surface area contributed by atoms with Crippen molar-refractivity contribution >= 4 is 17.6 Å². The van der Waals surface area contributed by atoms with Crippen LogP contribution in [0.2, 0.25) is 5.02 Å². The molecule has 1 aromatic rings. The van der Waals surface area contributed by atoms with Crippen molar-refractivity contribution in [3.05, 3.63) is 57.8 Å². The number of hydrogen-bond donors (Lipinski definition) is 2. The number of urea groups is 1. The van der Waals surface area contributed by atoms with Crippen LogP contribution in [0.5, 0.6) is 0 Å². The maximum absolute atomic E-state index is 12.4. The Balaban J connectivity index is 1.60. The molecule has 2 N–H and O–H groups in total. The minimum Gasteiger partial charge on any atom is -0.327 e. The summed E-state index contributed by atoms with van der Waals surface area (Å²) in [6.45, 7) is 8.15. The van der Waals surface area contributed by atoms with Gasteiger partial charge in [0.05, 0.1) is 6.04 Å². The first kappa shape index (κ1) is 19.5. The van der Waals surface area contributed by atoms with Gasteiger partial charge < -0.3 is 15.5 Å². The average molecular weight is 400 g/mol. The summed E-state index contributed by atoms with van der Waals surface area (Å²) in [5, 5.41) is 6.89. The molecule has 0 spiro atoms. The molecule has 1 aliphatic carbocycles. The summed E-state index contributed by atoms with van der Waals surface area (Å²) in [5.74, 6) is 0. The van der Waals surface area contributed by atoms with Crippen LogP contribution in [0.1, 0.15) is 57.6 Å². The molecule has 0 radical (unpaired) electrons. The van der Waals surface area contributed by atoms with E-state index in [1.54, 1.807) is 0 Å². The van der Waals surface area contributed by atoms with Crippen molar-refractivity contribution in [1.29, 1.82) is 0 Å². The number of nitrogens with zero attached hydrogens (tertiary/aromatic N) is 1. The Morgan fingerprint density at radius 2 is 1.86 bits per heavy atom. The number of halogens is 1. The highest BCUT2D eigenvalue weighted by atomic mass is 35.5. The van der Waals surface area contributed by atoms with E-state index in [1.807, 2.05) is 24.3 Å². The Bertz CT molecular complexity index is 804. The highest BCUT2D eigenvalue weighted by Gasteiger charge is 2.39. The number of benzene rings is 1. The van der Waals surface area contributed by atoms with Crippen LogP contribution in [0.15, 0.2) is 47.2 Å². The van der Waals surface area contributed by atoms with Crippen LogP contribution in [0.3, 0.4) is 0 Å². The molecule has 150 valence electrons. The molecule has 1 saturated heterocycles. The molecule has 28 heavy (non-hydrogen) atoms. The third-order valence-corrected chi connectivity index (χ3v) is 6.50. The Kier molecular flexibility index (Phi) is 5.52. The molecule has 2 heterocycles. The molecule has 4 rings (SSSR count). The molecule has 0 bridgehead atoms. The van der Waals surface area contributed by atoms with E-state index in [9.17, 15) is 4.79 Å². The van der Waals surface area contributed by atoms with Gasteiger partial charge in [0.15, 0.2) is 0 Å². The number of piperidine rings is 1. The highest BCUT2D eigenvalue weighted by Crippen LogP contribution is 2.47. The molecule has 0 saturated carbocycles. The van der Waals surface area contributed by atoms with E-state index in [1.165, 1.54) is 43.5 Å². The minimum atomic E-state index is -0.136. The molecule has 4 nitrogen and oxygen atoms in total. The second kappa shape index (κ2) is 7.92. The standard InChI is InChI=1S/C23H30ClN3O/c1-23(2)15-16(10-13-27-11-4-3-5-12-27)14-19-20(23)21(26-22(28)25-19)17-6-8-18(24)9-7-17/h6-9,14,21H,3-5,10-13,15H2,1-2H3,(H2,25,26,28). The second-order valence-corrected chi connectivity index (χ2v) is 9.36. The summed E-state index contributed by atoms with van der Waals surface area (Å²) in [6.07, 6.45) is 8.35. The topological polar surface area (TPSA) is 44.4 Å². The third kappa shape index (κ3) is 4.13. The van der Waals surface area contributed by atoms with E-state index in [-0.39, 0.29) is 17.5 Å². The number of allylic oxidation sites excluding steroid dienone is 1. The minimum absolute atomic E-state index is 0.0215. The second-order valence-electron chi connectivity index (χ2n) is 8.93. The van der Waals surface area contributed by atoms with Crippen LogP contribution < -0.4 is 10.6 Å². The number of carbonyl (C=O) groups excluding carboxylic acids is 1. The fourth-order valence-corrected chi connectivity index (χ4v) is 5.05. The summed E-state index contributed by atoms with van der Waals surface area (Å²) >= 11 is 6.07. The van der Waals surface area contributed by atoms with Crippen molar-refractivity contribution in [2.45, 2.75) is 52.0 Å². The quantitative estimate of drug-likeness (QED) is 0.732. The van der Waals surface area contributed by atoms with Gasteiger partial charge in [0, 0.05) is 17.3 Å². The van der Waals surface area contributed by atoms with Gasteiger partial charge in [-0.3, -0.25) is 0 Å². The van der Waals surface area contributed by atoms with Crippen LogP contribution in [-0.2, 0) is 0 Å². The van der Waals surface area contributed by atoms with E-state index in [0.29, 0.717) is 5.02 Å². The van der Waals surface area contributed by atoms with Crippen molar-refractivity contribution in [3.63, 3.8) is 0 Å². The summed E-state index contributed by atoms with van der Waals surface area (Å²) in [5.41, 5.74) is 4.73. The molecule has 5 heteroatoms. The molecule has 2 amide bonds. The van der Waals surface area contributed by atoms with Gasteiger partial charge in [-0.1, -0.05) is 49.6 Å². The first-order valence-electron chi connectivity index (χ1n) is 10.4. The predicted octanol–water partition coefficient (Wildman–Crippen LogP) is 5.18. The molecule has 0 aromatic heterocycles. The predicted molar refractivity (Wildman–Crippen MR) is 114 cm³/mol. The van der Waals surface area contributed by atoms with E-state index >= 15 is 0 Å². The molecule has 3 aliphatic rings. The SMILES string of the molecule is CC1(C)CC(CCN2CCCCC2)=CC2=C1C(c1ccc(Cl)cc1)NC(=O)N2. The molecule has 1 unspecified atom stereocenters. The van der Waals surface area contributed by atoms with Crippen molar-refractivity contribution in [2.24, 2.45) is 5.41 Å². The van der Waals surface area contributed by atoms with E-state index < -0.39 is 0 Å². The van der Waals surface area contributed by atoms with Crippen LogP contribution in [-0.4, -0.2) is 30.6 Å². The lowest BCUT2D eigenvalue weighted by atomic mass is 9.69. The number of likely N-dealkylation sites (tertiary alicyclic amines) is 1. The van der Waals surface area contributed by atoms with E-state index in [0.717, 1.165) is 30.6 Å². The smallest absolute Gasteiger partial charge is 0.319 e. The van der Waals surface area contributed by atoms with Gasteiger partial charge in [-0.2, -0.15) is 0 Å². The van der Waals surface area contributed by atoms with Crippen LogP contribution in [0, 0.1) is 5.41 Å². The highest BCUT2D eigenvalue weighted by molar-refractivity contribution is 6.30. The number of carbonyl (C=O) groups is 1.